The molecule has 0 aromatic carbocycles. The summed E-state index contributed by atoms with van der Waals surface area (Å²) in [5.41, 5.74) is 0. The Bertz CT molecular complexity index is 213. The van der Waals surface area contributed by atoms with Crippen LogP contribution >= 0.6 is 0 Å². The molecule has 0 N–H and O–H groups in total. The van der Waals surface area contributed by atoms with Crippen molar-refractivity contribution in [2.75, 3.05) is 13.2 Å². The SMILES string of the molecule is CCOC(=O)C1CCC(OCC)=N1. The number of nitrogens with zero attached hydrogens (tertiary/aromatic N) is 1. The first kappa shape index (κ1) is 10.0. The average molecular weight is 185 g/mol. The highest BCUT2D eigenvalue weighted by Crippen LogP contribution is 2.15. The number of hydrogen-bond donors (Lipinski definition) is 0. The fourth-order valence-corrected chi connectivity index (χ4v) is 1.25. The van der Waals surface area contributed by atoms with E-state index in [1.54, 1.807) is 6.92 Å². The van der Waals surface area contributed by atoms with Crippen molar-refractivity contribution in [3.05, 3.63) is 0 Å². The van der Waals surface area contributed by atoms with Crippen molar-refractivity contribution in [3.63, 3.8) is 0 Å². The zero-order valence-corrected chi connectivity index (χ0v) is 8.08. The molecule has 0 aliphatic carbocycles. The average Bonchev–Trinajstić information content (AvgIpc) is 2.54. The van der Waals surface area contributed by atoms with Crippen molar-refractivity contribution in [1.29, 1.82) is 0 Å². The van der Waals surface area contributed by atoms with Gasteiger partial charge < -0.3 is 9.47 Å². The third-order valence-electron chi connectivity index (χ3n) is 1.80. The summed E-state index contributed by atoms with van der Waals surface area (Å²) in [4.78, 5) is 15.3. The lowest BCUT2D eigenvalue weighted by atomic mass is 10.2. The summed E-state index contributed by atoms with van der Waals surface area (Å²) in [5.74, 6) is 0.442. The summed E-state index contributed by atoms with van der Waals surface area (Å²) in [6, 6.07) is -0.332. The molecule has 0 aromatic heterocycles. The molecule has 0 spiro atoms. The fourth-order valence-electron chi connectivity index (χ4n) is 1.25. The van der Waals surface area contributed by atoms with Crippen molar-refractivity contribution in [1.82, 2.24) is 0 Å². The summed E-state index contributed by atoms with van der Waals surface area (Å²) in [5, 5.41) is 0. The van der Waals surface area contributed by atoms with Crippen LogP contribution < -0.4 is 0 Å². The molecule has 4 nitrogen and oxygen atoms in total. The minimum Gasteiger partial charge on any atom is -0.481 e. The maximum Gasteiger partial charge on any atom is 0.330 e. The van der Waals surface area contributed by atoms with Crippen LogP contribution in [0, 0.1) is 0 Å². The molecule has 1 atom stereocenters. The molecule has 0 saturated heterocycles. The Kier molecular flexibility index (Phi) is 3.73. The summed E-state index contributed by atoms with van der Waals surface area (Å²) in [7, 11) is 0. The molecule has 4 heteroatoms. The Balaban J connectivity index is 2.42. The highest BCUT2D eigenvalue weighted by atomic mass is 16.5. The molecule has 74 valence electrons. The Morgan fingerprint density at radius 2 is 2.31 bits per heavy atom. The minimum absolute atomic E-state index is 0.239. The normalized spacial score (nSPS) is 21.1. The monoisotopic (exact) mass is 185 g/mol. The van der Waals surface area contributed by atoms with Gasteiger partial charge in [0.05, 0.1) is 13.2 Å². The topological polar surface area (TPSA) is 47.9 Å². The van der Waals surface area contributed by atoms with Gasteiger partial charge in [0.1, 0.15) is 0 Å². The van der Waals surface area contributed by atoms with E-state index in [0.29, 0.717) is 25.5 Å². The maximum atomic E-state index is 11.2. The van der Waals surface area contributed by atoms with Crippen LogP contribution in [0.1, 0.15) is 26.7 Å². The molecule has 1 aliphatic heterocycles. The summed E-state index contributed by atoms with van der Waals surface area (Å²) in [6.07, 6.45) is 1.46. The molecule has 0 radical (unpaired) electrons. The molecule has 1 aliphatic rings. The molecular formula is C9H15NO3. The van der Waals surface area contributed by atoms with E-state index in [1.807, 2.05) is 6.92 Å². The second-order valence-corrected chi connectivity index (χ2v) is 2.76. The lowest BCUT2D eigenvalue weighted by molar-refractivity contribution is -0.144. The van der Waals surface area contributed by atoms with Crippen molar-refractivity contribution in [2.24, 2.45) is 4.99 Å². The number of carbonyl (C=O) groups is 1. The smallest absolute Gasteiger partial charge is 0.330 e. The molecule has 0 saturated carbocycles. The summed E-state index contributed by atoms with van der Waals surface area (Å²) >= 11 is 0. The van der Waals surface area contributed by atoms with E-state index >= 15 is 0 Å². The first-order valence-electron chi connectivity index (χ1n) is 4.64. The van der Waals surface area contributed by atoms with Crippen molar-refractivity contribution in [2.45, 2.75) is 32.7 Å². The van der Waals surface area contributed by atoms with E-state index in [2.05, 4.69) is 4.99 Å². The summed E-state index contributed by atoms with van der Waals surface area (Å²) < 4.78 is 10.1. The van der Waals surface area contributed by atoms with E-state index in [0.717, 1.165) is 6.42 Å². The molecule has 1 unspecified atom stereocenters. The fraction of sp³-hybridized carbons (Fsp3) is 0.778. The number of carbonyl (C=O) groups excluding carboxylic acids is 1. The van der Waals surface area contributed by atoms with Gasteiger partial charge in [-0.15, -0.1) is 0 Å². The minimum atomic E-state index is -0.332. The zero-order chi connectivity index (χ0) is 9.68. The highest BCUT2D eigenvalue weighted by molar-refractivity contribution is 5.86. The van der Waals surface area contributed by atoms with Gasteiger partial charge in [-0.25, -0.2) is 9.79 Å². The summed E-state index contributed by atoms with van der Waals surface area (Å²) in [6.45, 7) is 4.71. The largest absolute Gasteiger partial charge is 0.481 e. The van der Waals surface area contributed by atoms with Crippen LogP contribution in [0.15, 0.2) is 4.99 Å². The molecule has 1 heterocycles. The Labute approximate surface area is 77.9 Å². The van der Waals surface area contributed by atoms with Crippen LogP contribution in [0.25, 0.3) is 0 Å². The van der Waals surface area contributed by atoms with Gasteiger partial charge in [0.15, 0.2) is 11.9 Å². The lowest BCUT2D eigenvalue weighted by Gasteiger charge is -2.04. The number of aliphatic imine (C=N–C) groups is 1. The molecule has 0 bridgehead atoms. The van der Waals surface area contributed by atoms with Gasteiger partial charge in [0.25, 0.3) is 0 Å². The van der Waals surface area contributed by atoms with E-state index in [4.69, 9.17) is 9.47 Å². The molecule has 1 rings (SSSR count). The third kappa shape index (κ3) is 2.72. The van der Waals surface area contributed by atoms with E-state index in [1.165, 1.54) is 0 Å². The molecule has 0 amide bonds. The van der Waals surface area contributed by atoms with Crippen molar-refractivity contribution < 1.29 is 14.3 Å². The van der Waals surface area contributed by atoms with Gasteiger partial charge in [-0.2, -0.15) is 0 Å². The number of ether oxygens (including phenoxy) is 2. The zero-order valence-electron chi connectivity index (χ0n) is 8.08. The molecular weight excluding hydrogens is 170 g/mol. The van der Waals surface area contributed by atoms with Crippen molar-refractivity contribution >= 4 is 11.9 Å². The van der Waals surface area contributed by atoms with Crippen LogP contribution in [0.5, 0.6) is 0 Å². The van der Waals surface area contributed by atoms with Crippen LogP contribution in [0.3, 0.4) is 0 Å². The van der Waals surface area contributed by atoms with Gasteiger partial charge in [0.2, 0.25) is 0 Å². The van der Waals surface area contributed by atoms with Crippen LogP contribution in [0.2, 0.25) is 0 Å². The van der Waals surface area contributed by atoms with Crippen LogP contribution in [0.4, 0.5) is 0 Å². The van der Waals surface area contributed by atoms with Crippen molar-refractivity contribution in [3.8, 4) is 0 Å². The van der Waals surface area contributed by atoms with E-state index in [9.17, 15) is 4.79 Å². The number of rotatable bonds is 3. The van der Waals surface area contributed by atoms with Gasteiger partial charge in [0, 0.05) is 6.42 Å². The first-order valence-corrected chi connectivity index (χ1v) is 4.64. The van der Waals surface area contributed by atoms with E-state index < -0.39 is 0 Å². The lowest BCUT2D eigenvalue weighted by Crippen LogP contribution is -2.18. The highest BCUT2D eigenvalue weighted by Gasteiger charge is 2.25. The number of esters is 1. The Morgan fingerprint density at radius 3 is 2.92 bits per heavy atom. The third-order valence-corrected chi connectivity index (χ3v) is 1.80. The van der Waals surface area contributed by atoms with Gasteiger partial charge in [-0.3, -0.25) is 0 Å². The molecule has 0 aromatic rings. The van der Waals surface area contributed by atoms with Gasteiger partial charge in [-0.1, -0.05) is 0 Å². The molecule has 0 fully saturated rings. The van der Waals surface area contributed by atoms with Gasteiger partial charge >= 0.3 is 5.97 Å². The molecule has 13 heavy (non-hydrogen) atoms. The number of hydrogen-bond acceptors (Lipinski definition) is 4. The Hall–Kier alpha value is -1.06. The second kappa shape index (κ2) is 4.84. The Morgan fingerprint density at radius 1 is 1.54 bits per heavy atom. The van der Waals surface area contributed by atoms with Crippen LogP contribution in [-0.2, 0) is 14.3 Å². The maximum absolute atomic E-state index is 11.2. The van der Waals surface area contributed by atoms with Crippen LogP contribution in [-0.4, -0.2) is 31.1 Å². The quantitative estimate of drug-likeness (QED) is 0.619. The predicted octanol–water partition coefficient (Wildman–Crippen LogP) is 1.15. The second-order valence-electron chi connectivity index (χ2n) is 2.76. The van der Waals surface area contributed by atoms with E-state index in [-0.39, 0.29) is 12.0 Å². The first-order chi connectivity index (χ1) is 6.27. The predicted molar refractivity (Wildman–Crippen MR) is 48.7 cm³/mol. The van der Waals surface area contributed by atoms with Gasteiger partial charge in [-0.05, 0) is 20.3 Å². The standard InChI is InChI=1S/C9H15NO3/c1-3-12-8-6-5-7(10-8)9(11)13-4-2/h7H,3-6H2,1-2H3.